The summed E-state index contributed by atoms with van der Waals surface area (Å²) in [5, 5.41) is 7.42. The fourth-order valence-electron chi connectivity index (χ4n) is 3.97. The quantitative estimate of drug-likeness (QED) is 0.425. The van der Waals surface area contributed by atoms with Gasteiger partial charge in [-0.1, -0.05) is 19.9 Å². The molecule has 0 saturated carbocycles. The van der Waals surface area contributed by atoms with E-state index in [4.69, 9.17) is 4.74 Å². The van der Waals surface area contributed by atoms with Crippen molar-refractivity contribution < 1.29 is 11.0 Å². The zero-order chi connectivity index (χ0) is 26.2. The maximum atomic E-state index is 13.3. The number of methoxy groups -OCH3 is 1. The lowest BCUT2D eigenvalue weighted by atomic mass is 10.0. The van der Waals surface area contributed by atoms with Gasteiger partial charge in [0, 0.05) is 62.8 Å². The van der Waals surface area contributed by atoms with Gasteiger partial charge in [0.1, 0.15) is 5.75 Å². The number of hydrogen-bond acceptors (Lipinski definition) is 5. The van der Waals surface area contributed by atoms with Crippen LogP contribution >= 0.6 is 0 Å². The molecule has 0 fully saturated rings. The second-order valence-corrected chi connectivity index (χ2v) is 8.36. The van der Waals surface area contributed by atoms with Gasteiger partial charge in [-0.2, -0.15) is 5.10 Å². The molecule has 0 bridgehead atoms. The van der Waals surface area contributed by atoms with Gasteiger partial charge in [-0.15, -0.1) is 0 Å². The fraction of sp³-hybridized carbons (Fsp3) is 0.310. The Hall–Kier alpha value is -4.00. The third kappa shape index (κ3) is 5.97. The summed E-state index contributed by atoms with van der Waals surface area (Å²) in [4.78, 5) is 17.4. The maximum Gasteiger partial charge on any atom is 0.252 e. The summed E-state index contributed by atoms with van der Waals surface area (Å²) in [6.07, 6.45) is 9.79. The molecule has 1 aliphatic rings. The first-order valence-electron chi connectivity index (χ1n) is 12.4. The number of carbonyl (C=O) groups excluding carboxylic acids is 1. The summed E-state index contributed by atoms with van der Waals surface area (Å²) in [5.74, 6) is 0.620. The van der Waals surface area contributed by atoms with E-state index in [1.807, 2.05) is 106 Å². The van der Waals surface area contributed by atoms with Crippen LogP contribution in [0.25, 0.3) is 11.3 Å². The summed E-state index contributed by atoms with van der Waals surface area (Å²) < 4.78 is 7.35. The van der Waals surface area contributed by atoms with Crippen molar-refractivity contribution in [3.8, 4) is 17.0 Å². The van der Waals surface area contributed by atoms with Crippen LogP contribution in [0, 0.1) is 6.92 Å². The van der Waals surface area contributed by atoms with E-state index in [1.54, 1.807) is 13.3 Å². The number of aromatic nitrogens is 2. The molecule has 0 spiro atoms. The third-order valence-electron chi connectivity index (χ3n) is 6.10. The topological polar surface area (TPSA) is 62.6 Å². The molecule has 4 rings (SSSR count). The van der Waals surface area contributed by atoms with Gasteiger partial charge in [0.15, 0.2) is 0 Å². The van der Waals surface area contributed by atoms with E-state index in [9.17, 15) is 4.79 Å². The summed E-state index contributed by atoms with van der Waals surface area (Å²) in [6, 6.07) is 13.7. The van der Waals surface area contributed by atoms with E-state index < -0.39 is 0 Å². The molecule has 1 amide bonds. The molecule has 2 heterocycles. The second kappa shape index (κ2) is 12.1. The standard InChI is InChI=1S/C27H31N5O2.C2H6.H2/c1-6-31-11-13-32(14-12-31)23-8-7-19(2)25(18-23)27(33)29-20(3)21-15-22(17-24(16-21)34-5)26-9-10-28-30(26)4;1-2;/h7-18,20H,6H2,1-5H3,(H,29,33);1-2H3;1H/t20-;;/m1../s1. The summed E-state index contributed by atoms with van der Waals surface area (Å²) in [6.45, 7) is 10.9. The van der Waals surface area contributed by atoms with Crippen molar-refractivity contribution in [2.45, 2.75) is 40.7 Å². The van der Waals surface area contributed by atoms with Crippen LogP contribution in [-0.4, -0.2) is 34.2 Å². The maximum absolute atomic E-state index is 13.3. The predicted octanol–water partition coefficient (Wildman–Crippen LogP) is 6.25. The molecule has 36 heavy (non-hydrogen) atoms. The highest BCUT2D eigenvalue weighted by Gasteiger charge is 2.17. The van der Waals surface area contributed by atoms with E-state index in [-0.39, 0.29) is 13.4 Å². The van der Waals surface area contributed by atoms with Crippen LogP contribution in [-0.2, 0) is 7.05 Å². The lowest BCUT2D eigenvalue weighted by Crippen LogP contribution is -2.27. The van der Waals surface area contributed by atoms with Crippen molar-refractivity contribution in [2.75, 3.05) is 18.6 Å². The number of nitrogens with zero attached hydrogens (tertiary/aromatic N) is 4. The molecule has 7 nitrogen and oxygen atoms in total. The Kier molecular flexibility index (Phi) is 8.95. The molecule has 0 radical (unpaired) electrons. The van der Waals surface area contributed by atoms with Gasteiger partial charge in [-0.25, -0.2) is 0 Å². The molecule has 1 N–H and O–H groups in total. The van der Waals surface area contributed by atoms with Crippen LogP contribution in [0.4, 0.5) is 5.69 Å². The fourth-order valence-corrected chi connectivity index (χ4v) is 3.97. The largest absolute Gasteiger partial charge is 0.497 e. The molecule has 0 saturated heterocycles. The normalized spacial score (nSPS) is 13.2. The van der Waals surface area contributed by atoms with Crippen LogP contribution in [0.5, 0.6) is 5.75 Å². The van der Waals surface area contributed by atoms with Gasteiger partial charge < -0.3 is 19.9 Å². The van der Waals surface area contributed by atoms with E-state index in [0.717, 1.165) is 40.4 Å². The minimum Gasteiger partial charge on any atom is -0.497 e. The van der Waals surface area contributed by atoms with Crippen LogP contribution < -0.4 is 15.0 Å². The van der Waals surface area contributed by atoms with Crippen LogP contribution in [0.3, 0.4) is 0 Å². The summed E-state index contributed by atoms with van der Waals surface area (Å²) in [5.41, 5.74) is 5.43. The van der Waals surface area contributed by atoms with E-state index in [1.165, 1.54) is 0 Å². The van der Waals surface area contributed by atoms with Crippen molar-refractivity contribution in [1.82, 2.24) is 20.0 Å². The summed E-state index contributed by atoms with van der Waals surface area (Å²) in [7, 11) is 3.55. The lowest BCUT2D eigenvalue weighted by Gasteiger charge is -2.25. The molecule has 2 aromatic carbocycles. The van der Waals surface area contributed by atoms with E-state index >= 15 is 0 Å². The number of hydrogen-bond donors (Lipinski definition) is 1. The third-order valence-corrected chi connectivity index (χ3v) is 6.10. The van der Waals surface area contributed by atoms with Crippen molar-refractivity contribution in [1.29, 1.82) is 0 Å². The molecular weight excluding hydrogens is 450 g/mol. The van der Waals surface area contributed by atoms with Gasteiger partial charge in [0.25, 0.3) is 5.91 Å². The summed E-state index contributed by atoms with van der Waals surface area (Å²) >= 11 is 0. The highest BCUT2D eigenvalue weighted by atomic mass is 16.5. The molecule has 1 aliphatic heterocycles. The molecular formula is C29H39N5O2. The zero-order valence-electron chi connectivity index (χ0n) is 22.3. The van der Waals surface area contributed by atoms with E-state index in [0.29, 0.717) is 5.56 Å². The monoisotopic (exact) mass is 489 g/mol. The number of benzene rings is 2. The Morgan fingerprint density at radius 3 is 2.42 bits per heavy atom. The number of anilines is 1. The van der Waals surface area contributed by atoms with E-state index in [2.05, 4.69) is 28.3 Å². The van der Waals surface area contributed by atoms with Crippen LogP contribution in [0.1, 0.15) is 56.6 Å². The Labute approximate surface area is 216 Å². The van der Waals surface area contributed by atoms with Gasteiger partial charge >= 0.3 is 0 Å². The van der Waals surface area contributed by atoms with Gasteiger partial charge in [0.2, 0.25) is 0 Å². The first-order chi connectivity index (χ1) is 17.4. The average Bonchev–Trinajstić information content (AvgIpc) is 3.35. The molecule has 7 heteroatoms. The molecule has 0 unspecified atom stereocenters. The SMILES string of the molecule is CC.CCN1C=CN(c2ccc(C)c(C(=O)N[C@H](C)c3cc(OC)cc(-c4ccnn4C)c3)c2)C=C1.[HH]. The second-order valence-electron chi connectivity index (χ2n) is 8.36. The Morgan fingerprint density at radius 2 is 1.81 bits per heavy atom. The molecule has 1 aromatic heterocycles. The van der Waals surface area contributed by atoms with Crippen molar-refractivity contribution in [2.24, 2.45) is 7.05 Å². The van der Waals surface area contributed by atoms with Gasteiger partial charge in [0.05, 0.1) is 18.8 Å². The van der Waals surface area contributed by atoms with Crippen molar-refractivity contribution in [3.63, 3.8) is 0 Å². The number of ether oxygens (including phenoxy) is 1. The first-order valence-corrected chi connectivity index (χ1v) is 12.4. The number of nitrogens with one attached hydrogen (secondary N) is 1. The van der Waals surface area contributed by atoms with Crippen LogP contribution in [0.15, 0.2) is 73.5 Å². The number of rotatable bonds is 7. The minimum atomic E-state index is -0.217. The van der Waals surface area contributed by atoms with Crippen molar-refractivity contribution in [3.05, 3.63) is 90.2 Å². The molecule has 1 atom stereocenters. The molecule has 3 aromatic rings. The zero-order valence-corrected chi connectivity index (χ0v) is 22.3. The highest BCUT2D eigenvalue weighted by molar-refractivity contribution is 5.97. The van der Waals surface area contributed by atoms with Gasteiger partial charge in [-0.05, 0) is 68.3 Å². The molecule has 192 valence electrons. The Bertz CT molecular complexity index is 1240. The first kappa shape index (κ1) is 26.6. The average molecular weight is 490 g/mol. The lowest BCUT2D eigenvalue weighted by molar-refractivity contribution is 0.0939. The minimum absolute atomic E-state index is 0. The van der Waals surface area contributed by atoms with Crippen molar-refractivity contribution >= 4 is 11.6 Å². The Balaban J connectivity index is 0.00000157. The predicted molar refractivity (Wildman–Crippen MR) is 149 cm³/mol. The van der Waals surface area contributed by atoms with Gasteiger partial charge in [-0.3, -0.25) is 9.48 Å². The number of carbonyl (C=O) groups is 1. The molecule has 0 aliphatic carbocycles. The van der Waals surface area contributed by atoms with Crippen LogP contribution in [0.2, 0.25) is 0 Å². The smallest absolute Gasteiger partial charge is 0.252 e. The Morgan fingerprint density at radius 1 is 1.08 bits per heavy atom. The number of amides is 1. The number of aryl methyl sites for hydroxylation is 2. The highest BCUT2D eigenvalue weighted by Crippen LogP contribution is 2.29.